The van der Waals surface area contributed by atoms with E-state index in [0.717, 1.165) is 4.60 Å². The van der Waals surface area contributed by atoms with Gasteiger partial charge in [0.15, 0.2) is 0 Å². The summed E-state index contributed by atoms with van der Waals surface area (Å²) < 4.78 is 5.60. The van der Waals surface area contributed by atoms with E-state index in [1.54, 1.807) is 0 Å². The molecule has 0 aliphatic rings. The van der Waals surface area contributed by atoms with Crippen molar-refractivity contribution in [1.29, 1.82) is 0 Å². The Morgan fingerprint density at radius 3 is 2.53 bits per heavy atom. The lowest BCUT2D eigenvalue weighted by atomic mass is 10.3. The van der Waals surface area contributed by atoms with Gasteiger partial charge in [-0.25, -0.2) is 0 Å². The molecule has 3 rings (SSSR count). The van der Waals surface area contributed by atoms with Gasteiger partial charge in [0.05, 0.1) is 15.6 Å². The van der Waals surface area contributed by atoms with E-state index in [0.29, 0.717) is 0 Å². The van der Waals surface area contributed by atoms with Crippen LogP contribution in [0, 0.1) is 6.92 Å². The van der Waals surface area contributed by atoms with E-state index in [-0.39, 0.29) is 0 Å². The van der Waals surface area contributed by atoms with Crippen LogP contribution in [-0.2, 0) is 7.05 Å². The van der Waals surface area contributed by atoms with Gasteiger partial charge in [0.1, 0.15) is 5.65 Å². The fraction of sp³-hybridized carbons (Fsp3) is 0.167. The first kappa shape index (κ1) is 9.04. The summed E-state index contributed by atoms with van der Waals surface area (Å²) >= 11 is 3.63. The van der Waals surface area contributed by atoms with E-state index in [9.17, 15) is 0 Å². The molecular weight excluding hydrogens is 252 g/mol. The molecule has 3 aromatic rings. The van der Waals surface area contributed by atoms with Crippen LogP contribution in [0.25, 0.3) is 16.7 Å². The molecule has 0 unspecified atom stereocenters. The zero-order valence-electron chi connectivity index (χ0n) is 8.66. The maximum atomic E-state index is 3.63. The Morgan fingerprint density at radius 1 is 1.13 bits per heavy atom. The van der Waals surface area contributed by atoms with Crippen molar-refractivity contribution < 1.29 is 0 Å². The number of para-hydroxylation sites is 2. The quantitative estimate of drug-likeness (QED) is 0.587. The molecule has 0 atom stereocenters. The van der Waals surface area contributed by atoms with Crippen molar-refractivity contribution in [3.8, 4) is 0 Å². The number of fused-ring (bicyclic) bond motifs is 3. The standard InChI is InChI=1S/C12H11BrN2/c1-8-7-11-14(2)9-5-3-4-6-10(9)15(11)12(8)13/h3-7H,1-2H3. The Morgan fingerprint density at radius 2 is 1.80 bits per heavy atom. The molecule has 0 amide bonds. The topological polar surface area (TPSA) is 9.34 Å². The van der Waals surface area contributed by atoms with Gasteiger partial charge >= 0.3 is 0 Å². The van der Waals surface area contributed by atoms with E-state index in [4.69, 9.17) is 0 Å². The van der Waals surface area contributed by atoms with E-state index in [1.807, 2.05) is 0 Å². The number of aromatic nitrogens is 2. The highest BCUT2D eigenvalue weighted by molar-refractivity contribution is 9.10. The number of hydrogen-bond donors (Lipinski definition) is 0. The number of benzene rings is 1. The molecule has 3 heteroatoms. The minimum absolute atomic E-state index is 1.15. The Labute approximate surface area is 96.2 Å². The predicted molar refractivity (Wildman–Crippen MR) is 66.3 cm³/mol. The van der Waals surface area contributed by atoms with E-state index < -0.39 is 0 Å². The average molecular weight is 263 g/mol. The minimum Gasteiger partial charge on any atom is -0.329 e. The number of halogens is 1. The van der Waals surface area contributed by atoms with E-state index in [1.165, 1.54) is 22.2 Å². The van der Waals surface area contributed by atoms with Gasteiger partial charge in [0, 0.05) is 7.05 Å². The highest BCUT2D eigenvalue weighted by atomic mass is 79.9. The lowest BCUT2D eigenvalue weighted by Crippen LogP contribution is -1.85. The highest BCUT2D eigenvalue weighted by Gasteiger charge is 2.11. The van der Waals surface area contributed by atoms with Crippen LogP contribution >= 0.6 is 15.9 Å². The fourth-order valence-electron chi connectivity index (χ4n) is 2.13. The van der Waals surface area contributed by atoms with Crippen LogP contribution in [0.2, 0.25) is 0 Å². The molecular formula is C12H11BrN2. The van der Waals surface area contributed by atoms with Gasteiger partial charge in [0.25, 0.3) is 0 Å². The SMILES string of the molecule is Cc1cc2n(C)c3ccccc3n2c1Br. The van der Waals surface area contributed by atoms with Crippen molar-refractivity contribution in [3.63, 3.8) is 0 Å². The van der Waals surface area contributed by atoms with Gasteiger partial charge in [-0.3, -0.25) is 4.40 Å². The molecule has 0 aliphatic heterocycles. The minimum atomic E-state index is 1.15. The third-order valence-corrected chi connectivity index (χ3v) is 3.90. The Hall–Kier alpha value is -1.22. The zero-order chi connectivity index (χ0) is 10.6. The molecule has 0 saturated carbocycles. The summed E-state index contributed by atoms with van der Waals surface area (Å²) in [5.74, 6) is 0. The Balaban J connectivity index is 2.68. The monoisotopic (exact) mass is 262 g/mol. The van der Waals surface area contributed by atoms with Gasteiger partial charge < -0.3 is 4.57 Å². The molecule has 15 heavy (non-hydrogen) atoms. The molecule has 0 saturated heterocycles. The molecule has 0 fully saturated rings. The van der Waals surface area contributed by atoms with Crippen molar-refractivity contribution in [3.05, 3.63) is 40.5 Å². The maximum Gasteiger partial charge on any atom is 0.118 e. The lowest BCUT2D eigenvalue weighted by Gasteiger charge is -1.94. The van der Waals surface area contributed by atoms with Crippen molar-refractivity contribution >= 4 is 32.6 Å². The van der Waals surface area contributed by atoms with Gasteiger partial charge in [-0.05, 0) is 46.6 Å². The van der Waals surface area contributed by atoms with E-state index in [2.05, 4.69) is 69.2 Å². The van der Waals surface area contributed by atoms with Crippen molar-refractivity contribution in [2.75, 3.05) is 0 Å². The molecule has 2 heterocycles. The molecule has 2 nitrogen and oxygen atoms in total. The fourth-order valence-corrected chi connectivity index (χ4v) is 2.62. The van der Waals surface area contributed by atoms with Crippen LogP contribution in [0.1, 0.15) is 5.56 Å². The first-order valence-electron chi connectivity index (χ1n) is 4.91. The van der Waals surface area contributed by atoms with Gasteiger partial charge in [-0.2, -0.15) is 0 Å². The first-order chi connectivity index (χ1) is 7.20. The van der Waals surface area contributed by atoms with Crippen LogP contribution in [0.5, 0.6) is 0 Å². The summed E-state index contributed by atoms with van der Waals surface area (Å²) in [6, 6.07) is 10.6. The van der Waals surface area contributed by atoms with Gasteiger partial charge in [-0.15, -0.1) is 0 Å². The number of imidazole rings is 1. The molecule has 0 bridgehead atoms. The molecule has 0 aliphatic carbocycles. The first-order valence-corrected chi connectivity index (χ1v) is 5.70. The summed E-state index contributed by atoms with van der Waals surface area (Å²) in [4.78, 5) is 0. The molecule has 0 spiro atoms. The van der Waals surface area contributed by atoms with Crippen molar-refractivity contribution in [1.82, 2.24) is 8.97 Å². The average Bonchev–Trinajstić information content (AvgIpc) is 2.68. The summed E-state index contributed by atoms with van der Waals surface area (Å²) in [5.41, 5.74) is 5.00. The smallest absolute Gasteiger partial charge is 0.118 e. The van der Waals surface area contributed by atoms with E-state index >= 15 is 0 Å². The lowest BCUT2D eigenvalue weighted by molar-refractivity contribution is 0.991. The molecule has 1 aromatic carbocycles. The highest BCUT2D eigenvalue weighted by Crippen LogP contribution is 2.28. The summed E-state index contributed by atoms with van der Waals surface area (Å²) in [7, 11) is 2.10. The second-order valence-corrected chi connectivity index (χ2v) is 4.61. The summed E-state index contributed by atoms with van der Waals surface area (Å²) in [6.45, 7) is 2.12. The van der Waals surface area contributed by atoms with Crippen LogP contribution in [0.4, 0.5) is 0 Å². The van der Waals surface area contributed by atoms with Crippen LogP contribution < -0.4 is 0 Å². The summed E-state index contributed by atoms with van der Waals surface area (Å²) in [5, 5.41) is 0. The number of rotatable bonds is 0. The maximum absolute atomic E-state index is 3.63. The number of hydrogen-bond acceptors (Lipinski definition) is 0. The van der Waals surface area contributed by atoms with Gasteiger partial charge in [-0.1, -0.05) is 12.1 Å². The Bertz CT molecular complexity index is 661. The van der Waals surface area contributed by atoms with Crippen LogP contribution in [-0.4, -0.2) is 8.97 Å². The largest absolute Gasteiger partial charge is 0.329 e. The van der Waals surface area contributed by atoms with Gasteiger partial charge in [0.2, 0.25) is 0 Å². The number of aryl methyl sites for hydroxylation is 2. The second kappa shape index (κ2) is 2.89. The van der Waals surface area contributed by atoms with Crippen molar-refractivity contribution in [2.24, 2.45) is 7.05 Å². The molecule has 0 radical (unpaired) electrons. The van der Waals surface area contributed by atoms with Crippen LogP contribution in [0.15, 0.2) is 34.9 Å². The molecule has 0 N–H and O–H groups in total. The Kier molecular flexibility index (Phi) is 1.74. The molecule has 76 valence electrons. The number of nitrogens with zero attached hydrogens (tertiary/aromatic N) is 2. The predicted octanol–water partition coefficient (Wildman–Crippen LogP) is 3.50. The van der Waals surface area contributed by atoms with Crippen molar-refractivity contribution in [2.45, 2.75) is 6.92 Å². The molecule has 2 aromatic heterocycles. The summed E-state index contributed by atoms with van der Waals surface area (Å²) in [6.07, 6.45) is 0. The van der Waals surface area contributed by atoms with Crippen LogP contribution in [0.3, 0.4) is 0 Å². The normalized spacial score (nSPS) is 11.7. The third kappa shape index (κ3) is 1.04. The second-order valence-electron chi connectivity index (χ2n) is 3.86. The third-order valence-electron chi connectivity index (χ3n) is 2.92. The zero-order valence-corrected chi connectivity index (χ0v) is 10.2.